The van der Waals surface area contributed by atoms with Gasteiger partial charge in [0.2, 0.25) is 0 Å². The highest BCUT2D eigenvalue weighted by molar-refractivity contribution is 5.10. The summed E-state index contributed by atoms with van der Waals surface area (Å²) in [5, 5.41) is 14.2. The van der Waals surface area contributed by atoms with Crippen molar-refractivity contribution in [1.82, 2.24) is 9.78 Å². The Kier molecular flexibility index (Phi) is 5.53. The molecule has 0 saturated heterocycles. The van der Waals surface area contributed by atoms with E-state index in [1.807, 2.05) is 0 Å². The van der Waals surface area contributed by atoms with Crippen molar-refractivity contribution in [2.75, 3.05) is 0 Å². The Hall–Kier alpha value is -0.830. The molecule has 1 N–H and O–H groups in total. The van der Waals surface area contributed by atoms with Gasteiger partial charge in [-0.15, -0.1) is 0 Å². The third-order valence-corrected chi connectivity index (χ3v) is 2.93. The number of aliphatic hydroxyl groups is 1. The van der Waals surface area contributed by atoms with E-state index in [2.05, 4.69) is 36.6 Å². The first-order valence-electron chi connectivity index (χ1n) is 6.44. The van der Waals surface area contributed by atoms with Crippen LogP contribution in [-0.4, -0.2) is 21.0 Å². The molecule has 1 heterocycles. The van der Waals surface area contributed by atoms with E-state index in [0.717, 1.165) is 44.3 Å². The summed E-state index contributed by atoms with van der Waals surface area (Å²) in [6.45, 7) is 7.25. The zero-order valence-corrected chi connectivity index (χ0v) is 10.7. The number of rotatable bonds is 7. The van der Waals surface area contributed by atoms with Gasteiger partial charge in [0.25, 0.3) is 0 Å². The average Bonchev–Trinajstić information content (AvgIpc) is 2.69. The molecule has 0 aliphatic heterocycles. The molecule has 0 amide bonds. The Morgan fingerprint density at radius 2 is 2.06 bits per heavy atom. The fraction of sp³-hybridized carbons (Fsp3) is 0.769. The number of hydrogen-bond acceptors (Lipinski definition) is 2. The van der Waals surface area contributed by atoms with Crippen molar-refractivity contribution in [1.29, 1.82) is 0 Å². The van der Waals surface area contributed by atoms with Gasteiger partial charge in [-0.05, 0) is 38.7 Å². The molecule has 0 aliphatic carbocycles. The highest BCUT2D eigenvalue weighted by atomic mass is 16.3. The molecule has 1 rings (SSSR count). The standard InChI is InChI=1S/C13H24N2O/c1-4-7-13(16)9-8-12-10-11(5-2)14-15(12)6-3/h10,13,16H,4-9H2,1-3H3. The number of hydrogen-bond donors (Lipinski definition) is 1. The molecule has 16 heavy (non-hydrogen) atoms. The van der Waals surface area contributed by atoms with Crippen LogP contribution in [-0.2, 0) is 19.4 Å². The van der Waals surface area contributed by atoms with Gasteiger partial charge in [-0.1, -0.05) is 20.3 Å². The summed E-state index contributed by atoms with van der Waals surface area (Å²) in [5.41, 5.74) is 2.41. The van der Waals surface area contributed by atoms with Gasteiger partial charge in [0.05, 0.1) is 11.8 Å². The SMILES string of the molecule is CCCC(O)CCc1cc(CC)nn1CC. The Balaban J connectivity index is 2.54. The first kappa shape index (κ1) is 13.2. The van der Waals surface area contributed by atoms with Crippen molar-refractivity contribution in [2.24, 2.45) is 0 Å². The Labute approximate surface area is 98.5 Å². The monoisotopic (exact) mass is 224 g/mol. The molecule has 0 spiro atoms. The van der Waals surface area contributed by atoms with Crippen molar-refractivity contribution in [3.63, 3.8) is 0 Å². The van der Waals surface area contributed by atoms with Gasteiger partial charge in [-0.25, -0.2) is 0 Å². The molecule has 1 aromatic rings. The third-order valence-electron chi connectivity index (χ3n) is 2.93. The van der Waals surface area contributed by atoms with Crippen molar-refractivity contribution in [3.8, 4) is 0 Å². The zero-order valence-electron chi connectivity index (χ0n) is 10.7. The van der Waals surface area contributed by atoms with Gasteiger partial charge in [0, 0.05) is 12.2 Å². The number of aromatic nitrogens is 2. The van der Waals surface area contributed by atoms with Crippen LogP contribution in [0.1, 0.15) is 51.4 Å². The molecule has 1 aromatic heterocycles. The van der Waals surface area contributed by atoms with Crippen molar-refractivity contribution in [2.45, 2.75) is 65.5 Å². The highest BCUT2D eigenvalue weighted by Crippen LogP contribution is 2.11. The lowest BCUT2D eigenvalue weighted by Crippen LogP contribution is -2.10. The molecule has 92 valence electrons. The van der Waals surface area contributed by atoms with Gasteiger partial charge in [0.1, 0.15) is 0 Å². The van der Waals surface area contributed by atoms with E-state index in [9.17, 15) is 5.11 Å². The Bertz CT molecular complexity index is 307. The molecular weight excluding hydrogens is 200 g/mol. The van der Waals surface area contributed by atoms with Crippen molar-refractivity contribution >= 4 is 0 Å². The lowest BCUT2D eigenvalue weighted by Gasteiger charge is -2.09. The van der Waals surface area contributed by atoms with E-state index < -0.39 is 0 Å². The Morgan fingerprint density at radius 3 is 2.62 bits per heavy atom. The third kappa shape index (κ3) is 3.63. The van der Waals surface area contributed by atoms with Crippen molar-refractivity contribution in [3.05, 3.63) is 17.5 Å². The lowest BCUT2D eigenvalue weighted by molar-refractivity contribution is 0.153. The van der Waals surface area contributed by atoms with E-state index in [0.29, 0.717) is 0 Å². The zero-order chi connectivity index (χ0) is 12.0. The smallest absolute Gasteiger partial charge is 0.0624 e. The van der Waals surface area contributed by atoms with Crippen LogP contribution in [0.4, 0.5) is 0 Å². The van der Waals surface area contributed by atoms with Crippen LogP contribution in [0.2, 0.25) is 0 Å². The molecule has 3 nitrogen and oxygen atoms in total. The largest absolute Gasteiger partial charge is 0.393 e. The highest BCUT2D eigenvalue weighted by Gasteiger charge is 2.08. The summed E-state index contributed by atoms with van der Waals surface area (Å²) < 4.78 is 2.05. The van der Waals surface area contributed by atoms with Gasteiger partial charge >= 0.3 is 0 Å². The minimum atomic E-state index is -0.157. The predicted octanol–water partition coefficient (Wildman–Crippen LogP) is 2.56. The number of nitrogens with zero attached hydrogens (tertiary/aromatic N) is 2. The molecule has 0 saturated carbocycles. The van der Waals surface area contributed by atoms with Crippen LogP contribution in [0.3, 0.4) is 0 Å². The van der Waals surface area contributed by atoms with E-state index in [1.165, 1.54) is 5.69 Å². The lowest BCUT2D eigenvalue weighted by atomic mass is 10.1. The maximum atomic E-state index is 9.71. The van der Waals surface area contributed by atoms with Crippen LogP contribution in [0, 0.1) is 0 Å². The van der Waals surface area contributed by atoms with Gasteiger partial charge in [-0.2, -0.15) is 5.10 Å². The van der Waals surface area contributed by atoms with E-state index in [1.54, 1.807) is 0 Å². The summed E-state index contributed by atoms with van der Waals surface area (Å²) in [7, 11) is 0. The number of aliphatic hydroxyl groups excluding tert-OH is 1. The molecule has 0 fully saturated rings. The molecule has 3 heteroatoms. The summed E-state index contributed by atoms with van der Waals surface area (Å²) in [4.78, 5) is 0. The molecule has 1 unspecified atom stereocenters. The van der Waals surface area contributed by atoms with E-state index in [-0.39, 0.29) is 6.10 Å². The maximum absolute atomic E-state index is 9.71. The number of aryl methyl sites for hydroxylation is 3. The second-order valence-corrected chi connectivity index (χ2v) is 4.28. The fourth-order valence-electron chi connectivity index (χ4n) is 1.95. The van der Waals surface area contributed by atoms with Crippen LogP contribution in [0.5, 0.6) is 0 Å². The molecular formula is C13H24N2O. The normalized spacial score (nSPS) is 13.0. The van der Waals surface area contributed by atoms with Crippen LogP contribution in [0.15, 0.2) is 6.07 Å². The quantitative estimate of drug-likeness (QED) is 0.773. The molecule has 1 atom stereocenters. The molecule has 0 bridgehead atoms. The Morgan fingerprint density at radius 1 is 1.31 bits per heavy atom. The minimum absolute atomic E-state index is 0.157. The first-order chi connectivity index (χ1) is 7.71. The van der Waals surface area contributed by atoms with E-state index in [4.69, 9.17) is 0 Å². The predicted molar refractivity (Wildman–Crippen MR) is 66.5 cm³/mol. The van der Waals surface area contributed by atoms with E-state index >= 15 is 0 Å². The topological polar surface area (TPSA) is 38.1 Å². The van der Waals surface area contributed by atoms with Crippen LogP contribution >= 0.6 is 0 Å². The van der Waals surface area contributed by atoms with Gasteiger partial charge < -0.3 is 5.11 Å². The molecule has 0 radical (unpaired) electrons. The molecule has 0 aliphatic rings. The van der Waals surface area contributed by atoms with Gasteiger partial charge in [-0.3, -0.25) is 4.68 Å². The van der Waals surface area contributed by atoms with Crippen molar-refractivity contribution < 1.29 is 5.11 Å². The second-order valence-electron chi connectivity index (χ2n) is 4.28. The summed E-state index contributed by atoms with van der Waals surface area (Å²) in [6.07, 6.45) is 4.56. The average molecular weight is 224 g/mol. The minimum Gasteiger partial charge on any atom is -0.393 e. The fourth-order valence-corrected chi connectivity index (χ4v) is 1.95. The summed E-state index contributed by atoms with van der Waals surface area (Å²) in [6, 6.07) is 2.17. The van der Waals surface area contributed by atoms with Crippen LogP contribution < -0.4 is 0 Å². The van der Waals surface area contributed by atoms with Gasteiger partial charge in [0.15, 0.2) is 0 Å². The first-order valence-corrected chi connectivity index (χ1v) is 6.44. The van der Waals surface area contributed by atoms with Crippen LogP contribution in [0.25, 0.3) is 0 Å². The summed E-state index contributed by atoms with van der Waals surface area (Å²) in [5.74, 6) is 0. The summed E-state index contributed by atoms with van der Waals surface area (Å²) >= 11 is 0. The molecule has 0 aromatic carbocycles. The maximum Gasteiger partial charge on any atom is 0.0624 e. The second kappa shape index (κ2) is 6.69.